The topological polar surface area (TPSA) is 9.23 Å². The lowest BCUT2D eigenvalue weighted by atomic mass is 9.98. The molecule has 0 N–H and O–H groups in total. The van der Waals surface area contributed by atoms with Gasteiger partial charge in [0.25, 0.3) is 0 Å². The maximum absolute atomic E-state index is 13.3. The zero-order valence-electron chi connectivity index (χ0n) is 11.2. The van der Waals surface area contributed by atoms with E-state index in [1.54, 1.807) is 26.2 Å². The second-order valence-electron chi connectivity index (χ2n) is 4.59. The van der Waals surface area contributed by atoms with E-state index in [0.717, 1.165) is 22.4 Å². The molecule has 100 valence electrons. The van der Waals surface area contributed by atoms with Crippen molar-refractivity contribution in [3.05, 3.63) is 64.5 Å². The second-order valence-corrected chi connectivity index (χ2v) is 5.03. The summed E-state index contributed by atoms with van der Waals surface area (Å²) in [6.45, 7) is 3.73. The second kappa shape index (κ2) is 5.62. The number of benzene rings is 2. The van der Waals surface area contributed by atoms with Crippen molar-refractivity contribution in [1.82, 2.24) is 0 Å². The molecule has 0 bridgehead atoms. The van der Waals surface area contributed by atoms with Crippen LogP contribution in [0, 0.1) is 19.7 Å². The van der Waals surface area contributed by atoms with E-state index in [9.17, 15) is 4.39 Å². The third kappa shape index (κ3) is 2.90. The zero-order chi connectivity index (χ0) is 14.0. The first kappa shape index (κ1) is 13.9. The third-order valence-corrected chi connectivity index (χ3v) is 3.71. The minimum Gasteiger partial charge on any atom is -0.497 e. The maximum Gasteiger partial charge on any atom is 0.126 e. The minimum absolute atomic E-state index is 0.209. The Balaban J connectivity index is 2.38. The van der Waals surface area contributed by atoms with Crippen LogP contribution in [-0.4, -0.2) is 7.11 Å². The number of aryl methyl sites for hydroxylation is 2. The molecule has 1 unspecified atom stereocenters. The van der Waals surface area contributed by atoms with Crippen molar-refractivity contribution in [1.29, 1.82) is 0 Å². The number of rotatable bonds is 3. The van der Waals surface area contributed by atoms with Gasteiger partial charge in [0.2, 0.25) is 0 Å². The van der Waals surface area contributed by atoms with Gasteiger partial charge in [-0.1, -0.05) is 18.2 Å². The van der Waals surface area contributed by atoms with Crippen molar-refractivity contribution in [2.75, 3.05) is 7.11 Å². The number of halogens is 2. The molecule has 2 aromatic rings. The fourth-order valence-electron chi connectivity index (χ4n) is 2.06. The van der Waals surface area contributed by atoms with Crippen LogP contribution in [0.3, 0.4) is 0 Å². The van der Waals surface area contributed by atoms with E-state index in [4.69, 9.17) is 16.3 Å². The molecule has 3 heteroatoms. The standard InChI is InChI=1S/C16H16ClFO/c1-10-9-13(19-3)5-6-14(10)16(17)12-4-7-15(18)11(2)8-12/h4-9,16H,1-3H3. The van der Waals surface area contributed by atoms with E-state index < -0.39 is 0 Å². The molecular weight excluding hydrogens is 263 g/mol. The predicted octanol–water partition coefficient (Wildman–Crippen LogP) is 4.78. The van der Waals surface area contributed by atoms with Crippen molar-refractivity contribution in [2.45, 2.75) is 19.2 Å². The van der Waals surface area contributed by atoms with Gasteiger partial charge in [-0.3, -0.25) is 0 Å². The van der Waals surface area contributed by atoms with E-state index in [0.29, 0.717) is 5.56 Å². The lowest BCUT2D eigenvalue weighted by Gasteiger charge is -2.15. The molecule has 0 radical (unpaired) electrons. The Bertz CT molecular complexity index is 595. The largest absolute Gasteiger partial charge is 0.497 e. The highest BCUT2D eigenvalue weighted by Crippen LogP contribution is 2.33. The summed E-state index contributed by atoms with van der Waals surface area (Å²) in [6.07, 6.45) is 0. The molecule has 0 saturated heterocycles. The third-order valence-electron chi connectivity index (χ3n) is 3.22. The molecule has 0 aliphatic rings. The van der Waals surface area contributed by atoms with Crippen molar-refractivity contribution in [3.8, 4) is 5.75 Å². The Morgan fingerprint density at radius 2 is 1.79 bits per heavy atom. The Morgan fingerprint density at radius 3 is 2.37 bits per heavy atom. The lowest BCUT2D eigenvalue weighted by Crippen LogP contribution is -1.98. The van der Waals surface area contributed by atoms with Crippen LogP contribution in [-0.2, 0) is 0 Å². The molecule has 19 heavy (non-hydrogen) atoms. The Labute approximate surface area is 118 Å². The predicted molar refractivity (Wildman–Crippen MR) is 76.6 cm³/mol. The van der Waals surface area contributed by atoms with Gasteiger partial charge in [0, 0.05) is 0 Å². The van der Waals surface area contributed by atoms with Gasteiger partial charge in [-0.2, -0.15) is 0 Å². The number of hydrogen-bond acceptors (Lipinski definition) is 1. The summed E-state index contributed by atoms with van der Waals surface area (Å²) in [6, 6.07) is 10.7. The van der Waals surface area contributed by atoms with Crippen LogP contribution in [0.1, 0.15) is 27.6 Å². The first-order valence-electron chi connectivity index (χ1n) is 6.07. The summed E-state index contributed by atoms with van der Waals surface area (Å²) in [4.78, 5) is 0. The molecule has 0 fully saturated rings. The summed E-state index contributed by atoms with van der Waals surface area (Å²) in [5.74, 6) is 0.597. The van der Waals surface area contributed by atoms with Gasteiger partial charge in [-0.05, 0) is 54.3 Å². The summed E-state index contributed by atoms with van der Waals surface area (Å²) >= 11 is 6.49. The van der Waals surface area contributed by atoms with E-state index in [1.165, 1.54) is 6.07 Å². The van der Waals surface area contributed by atoms with Gasteiger partial charge < -0.3 is 4.74 Å². The SMILES string of the molecule is COc1ccc(C(Cl)c2ccc(F)c(C)c2)c(C)c1. The normalized spacial score (nSPS) is 12.3. The fraction of sp³-hybridized carbons (Fsp3) is 0.250. The van der Waals surface area contributed by atoms with Crippen LogP contribution in [0.15, 0.2) is 36.4 Å². The van der Waals surface area contributed by atoms with Crippen LogP contribution >= 0.6 is 11.6 Å². The minimum atomic E-state index is -0.287. The van der Waals surface area contributed by atoms with Crippen molar-refractivity contribution >= 4 is 11.6 Å². The monoisotopic (exact) mass is 278 g/mol. The molecular formula is C16H16ClFO. The summed E-state index contributed by atoms with van der Waals surface area (Å²) < 4.78 is 18.5. The number of alkyl halides is 1. The average molecular weight is 279 g/mol. The number of hydrogen-bond donors (Lipinski definition) is 0. The zero-order valence-corrected chi connectivity index (χ0v) is 12.0. The molecule has 0 heterocycles. The van der Waals surface area contributed by atoms with Gasteiger partial charge in [0.05, 0.1) is 12.5 Å². The molecule has 1 atom stereocenters. The van der Waals surface area contributed by atoms with Gasteiger partial charge in [0.15, 0.2) is 0 Å². The lowest BCUT2D eigenvalue weighted by molar-refractivity contribution is 0.414. The first-order valence-corrected chi connectivity index (χ1v) is 6.51. The van der Waals surface area contributed by atoms with Crippen LogP contribution in [0.5, 0.6) is 5.75 Å². The van der Waals surface area contributed by atoms with Crippen molar-refractivity contribution in [2.24, 2.45) is 0 Å². The Morgan fingerprint density at radius 1 is 1.05 bits per heavy atom. The first-order chi connectivity index (χ1) is 9.02. The van der Waals surface area contributed by atoms with E-state index in [2.05, 4.69) is 0 Å². The summed E-state index contributed by atoms with van der Waals surface area (Å²) in [5, 5.41) is -0.287. The van der Waals surface area contributed by atoms with E-state index >= 15 is 0 Å². The van der Waals surface area contributed by atoms with Gasteiger partial charge in [0.1, 0.15) is 11.6 Å². The molecule has 0 aliphatic carbocycles. The van der Waals surface area contributed by atoms with Crippen LogP contribution in [0.25, 0.3) is 0 Å². The molecule has 0 aromatic heterocycles. The highest BCUT2D eigenvalue weighted by atomic mass is 35.5. The molecule has 0 spiro atoms. The quantitative estimate of drug-likeness (QED) is 0.734. The van der Waals surface area contributed by atoms with E-state index in [1.807, 2.05) is 25.1 Å². The smallest absolute Gasteiger partial charge is 0.126 e. The maximum atomic E-state index is 13.3. The van der Waals surface area contributed by atoms with Gasteiger partial charge >= 0.3 is 0 Å². The molecule has 2 aromatic carbocycles. The molecule has 0 saturated carbocycles. The van der Waals surface area contributed by atoms with Crippen LogP contribution in [0.4, 0.5) is 4.39 Å². The molecule has 2 rings (SSSR count). The number of methoxy groups -OCH3 is 1. The van der Waals surface area contributed by atoms with Gasteiger partial charge in [-0.25, -0.2) is 4.39 Å². The Kier molecular flexibility index (Phi) is 4.11. The highest BCUT2D eigenvalue weighted by Gasteiger charge is 2.14. The molecule has 0 amide bonds. The highest BCUT2D eigenvalue weighted by molar-refractivity contribution is 6.22. The average Bonchev–Trinajstić information content (AvgIpc) is 2.41. The molecule has 1 nitrogen and oxygen atoms in total. The molecule has 0 aliphatic heterocycles. The summed E-state index contributed by atoms with van der Waals surface area (Å²) in [7, 11) is 1.63. The van der Waals surface area contributed by atoms with Crippen LogP contribution < -0.4 is 4.74 Å². The van der Waals surface area contributed by atoms with Gasteiger partial charge in [-0.15, -0.1) is 11.6 Å². The van der Waals surface area contributed by atoms with Crippen molar-refractivity contribution < 1.29 is 9.13 Å². The fourth-order valence-corrected chi connectivity index (χ4v) is 2.45. The van der Waals surface area contributed by atoms with Crippen molar-refractivity contribution in [3.63, 3.8) is 0 Å². The Hall–Kier alpha value is -1.54. The number of ether oxygens (including phenoxy) is 1. The van der Waals surface area contributed by atoms with E-state index in [-0.39, 0.29) is 11.2 Å². The summed E-state index contributed by atoms with van der Waals surface area (Å²) in [5.41, 5.74) is 3.57. The van der Waals surface area contributed by atoms with Crippen LogP contribution in [0.2, 0.25) is 0 Å².